The van der Waals surface area contributed by atoms with Crippen LogP contribution in [0.25, 0.3) is 0 Å². The van der Waals surface area contributed by atoms with Crippen LogP contribution in [0.2, 0.25) is 10.0 Å². The monoisotopic (exact) mass is 355 g/mol. The van der Waals surface area contributed by atoms with Gasteiger partial charge in [-0.05, 0) is 17.7 Å². The van der Waals surface area contributed by atoms with E-state index in [2.05, 4.69) is 21.2 Å². The summed E-state index contributed by atoms with van der Waals surface area (Å²) in [6, 6.07) is 12.9. The summed E-state index contributed by atoms with van der Waals surface area (Å²) in [5, 5.41) is 3.67. The molecule has 2 aromatic carbocycles. The van der Waals surface area contributed by atoms with Crippen molar-refractivity contribution in [1.29, 1.82) is 0 Å². The lowest BCUT2D eigenvalue weighted by Crippen LogP contribution is -2.28. The van der Waals surface area contributed by atoms with Gasteiger partial charge in [-0.2, -0.15) is 0 Å². The molecule has 5 heteroatoms. The van der Waals surface area contributed by atoms with Gasteiger partial charge < -0.3 is 5.32 Å². The Balaban J connectivity index is 2.25. The average molecular weight is 357 g/mol. The van der Waals surface area contributed by atoms with Crippen molar-refractivity contribution in [3.8, 4) is 0 Å². The summed E-state index contributed by atoms with van der Waals surface area (Å²) < 4.78 is -0.919. The summed E-state index contributed by atoms with van der Waals surface area (Å²) in [6.07, 6.45) is 0. The van der Waals surface area contributed by atoms with E-state index in [-0.39, 0.29) is 5.91 Å². The van der Waals surface area contributed by atoms with Crippen LogP contribution < -0.4 is 5.32 Å². The fourth-order valence-corrected chi connectivity index (χ4v) is 3.24. The van der Waals surface area contributed by atoms with Crippen molar-refractivity contribution >= 4 is 50.7 Å². The van der Waals surface area contributed by atoms with E-state index in [9.17, 15) is 4.79 Å². The summed E-state index contributed by atoms with van der Waals surface area (Å²) >= 11 is 15.6. The minimum Gasteiger partial charge on any atom is -0.324 e. The van der Waals surface area contributed by atoms with Crippen LogP contribution in [0.4, 0.5) is 5.69 Å². The van der Waals surface area contributed by atoms with Gasteiger partial charge >= 0.3 is 0 Å². The van der Waals surface area contributed by atoms with Crippen LogP contribution >= 0.6 is 39.1 Å². The molecule has 1 atom stereocenters. The van der Waals surface area contributed by atoms with Gasteiger partial charge in [-0.15, -0.1) is 0 Å². The Kier molecular flexibility index (Phi) is 3.08. The predicted octanol–water partition coefficient (Wildman–Crippen LogP) is 4.58. The molecule has 0 aliphatic carbocycles. The summed E-state index contributed by atoms with van der Waals surface area (Å²) in [6.45, 7) is 0. The molecule has 19 heavy (non-hydrogen) atoms. The average Bonchev–Trinajstić information content (AvgIpc) is 2.65. The zero-order chi connectivity index (χ0) is 13.6. The number of amides is 1. The Bertz CT molecular complexity index is 675. The normalized spacial score (nSPS) is 21.1. The molecule has 3 rings (SSSR count). The van der Waals surface area contributed by atoms with E-state index in [0.717, 1.165) is 11.1 Å². The maximum atomic E-state index is 12.3. The molecule has 2 aromatic rings. The van der Waals surface area contributed by atoms with Gasteiger partial charge in [-0.25, -0.2) is 0 Å². The smallest absolute Gasteiger partial charge is 0.250 e. The van der Waals surface area contributed by atoms with Crippen molar-refractivity contribution in [1.82, 2.24) is 0 Å². The first kappa shape index (κ1) is 13.0. The van der Waals surface area contributed by atoms with E-state index in [0.29, 0.717) is 15.7 Å². The predicted molar refractivity (Wildman–Crippen MR) is 81.2 cm³/mol. The van der Waals surface area contributed by atoms with Crippen molar-refractivity contribution in [3.63, 3.8) is 0 Å². The number of hydrogen-bond donors (Lipinski definition) is 1. The van der Waals surface area contributed by atoms with E-state index in [1.54, 1.807) is 12.1 Å². The van der Waals surface area contributed by atoms with Crippen molar-refractivity contribution in [2.45, 2.75) is 4.32 Å². The molecule has 1 aliphatic rings. The summed E-state index contributed by atoms with van der Waals surface area (Å²) in [4.78, 5) is 12.3. The fraction of sp³-hybridized carbons (Fsp3) is 0.0714. The number of alkyl halides is 1. The number of anilines is 1. The van der Waals surface area contributed by atoms with E-state index in [4.69, 9.17) is 23.2 Å². The number of carbonyl (C=O) groups is 1. The number of benzene rings is 2. The van der Waals surface area contributed by atoms with Crippen molar-refractivity contribution in [2.75, 3.05) is 5.32 Å². The minimum atomic E-state index is -0.919. The van der Waals surface area contributed by atoms with Crippen molar-refractivity contribution < 1.29 is 4.79 Å². The quantitative estimate of drug-likeness (QED) is 0.744. The number of halogens is 3. The highest BCUT2D eigenvalue weighted by Crippen LogP contribution is 2.49. The maximum Gasteiger partial charge on any atom is 0.250 e. The first-order valence-electron chi connectivity index (χ1n) is 5.59. The van der Waals surface area contributed by atoms with Crippen LogP contribution in [0.1, 0.15) is 11.1 Å². The molecule has 1 amide bonds. The maximum absolute atomic E-state index is 12.3. The number of hydrogen-bond acceptors (Lipinski definition) is 1. The second kappa shape index (κ2) is 4.51. The highest BCUT2D eigenvalue weighted by molar-refractivity contribution is 9.10. The van der Waals surface area contributed by atoms with Crippen LogP contribution in [0.15, 0.2) is 42.5 Å². The summed E-state index contributed by atoms with van der Waals surface area (Å²) in [5.74, 6) is -0.146. The van der Waals surface area contributed by atoms with Gasteiger partial charge in [-0.3, -0.25) is 4.79 Å². The van der Waals surface area contributed by atoms with Gasteiger partial charge in [0.1, 0.15) is 0 Å². The molecule has 0 spiro atoms. The van der Waals surface area contributed by atoms with E-state index in [1.807, 2.05) is 30.3 Å². The molecule has 0 bridgehead atoms. The Hall–Kier alpha value is -1.03. The molecular weight excluding hydrogens is 349 g/mol. The fourth-order valence-electron chi connectivity index (χ4n) is 2.22. The first-order valence-corrected chi connectivity index (χ1v) is 7.14. The molecule has 0 fully saturated rings. The standard InChI is InChI=1S/C14H8BrCl2NO/c15-14(8-4-2-1-3-5-8)9-6-10(16)11(17)7-12(9)18-13(14)19/h1-7H,(H,18,19). The first-order chi connectivity index (χ1) is 9.03. The number of carbonyl (C=O) groups excluding carboxylic acids is 1. The molecule has 0 radical (unpaired) electrons. The third-order valence-electron chi connectivity index (χ3n) is 3.16. The Labute approximate surface area is 128 Å². The summed E-state index contributed by atoms with van der Waals surface area (Å²) in [5.41, 5.74) is 2.31. The molecule has 0 saturated heterocycles. The second-order valence-electron chi connectivity index (χ2n) is 4.29. The third kappa shape index (κ3) is 1.88. The van der Waals surface area contributed by atoms with Gasteiger partial charge in [0.2, 0.25) is 5.91 Å². The molecule has 96 valence electrons. The Morgan fingerprint density at radius 2 is 1.68 bits per heavy atom. The van der Waals surface area contributed by atoms with Gasteiger partial charge in [0.05, 0.1) is 10.0 Å². The van der Waals surface area contributed by atoms with Gasteiger partial charge in [0.15, 0.2) is 4.32 Å². The van der Waals surface area contributed by atoms with Crippen LogP contribution in [-0.4, -0.2) is 5.91 Å². The molecular formula is C14H8BrCl2NO. The van der Waals surface area contributed by atoms with Crippen molar-refractivity contribution in [2.24, 2.45) is 0 Å². The Morgan fingerprint density at radius 1 is 1.05 bits per heavy atom. The molecule has 0 saturated carbocycles. The SMILES string of the molecule is O=C1Nc2cc(Cl)c(Cl)cc2C1(Br)c1ccccc1. The lowest BCUT2D eigenvalue weighted by atomic mass is 9.92. The van der Waals surface area contributed by atoms with Crippen LogP contribution in [0.5, 0.6) is 0 Å². The highest BCUT2D eigenvalue weighted by Gasteiger charge is 2.46. The van der Waals surface area contributed by atoms with Crippen LogP contribution in [-0.2, 0) is 9.12 Å². The van der Waals surface area contributed by atoms with E-state index < -0.39 is 4.32 Å². The molecule has 2 nitrogen and oxygen atoms in total. The summed E-state index contributed by atoms with van der Waals surface area (Å²) in [7, 11) is 0. The molecule has 0 aromatic heterocycles. The molecule has 1 aliphatic heterocycles. The van der Waals surface area contributed by atoms with Gasteiger partial charge in [0.25, 0.3) is 0 Å². The van der Waals surface area contributed by atoms with E-state index >= 15 is 0 Å². The topological polar surface area (TPSA) is 29.1 Å². The second-order valence-corrected chi connectivity index (χ2v) is 6.29. The van der Waals surface area contributed by atoms with Crippen LogP contribution in [0.3, 0.4) is 0 Å². The zero-order valence-electron chi connectivity index (χ0n) is 9.58. The lowest BCUT2D eigenvalue weighted by molar-refractivity contribution is -0.116. The van der Waals surface area contributed by atoms with Crippen LogP contribution in [0, 0.1) is 0 Å². The molecule has 1 heterocycles. The lowest BCUT2D eigenvalue weighted by Gasteiger charge is -2.20. The molecule has 1 N–H and O–H groups in total. The van der Waals surface area contributed by atoms with Gasteiger partial charge in [0, 0.05) is 11.3 Å². The molecule has 1 unspecified atom stereocenters. The largest absolute Gasteiger partial charge is 0.324 e. The van der Waals surface area contributed by atoms with Crippen molar-refractivity contribution in [3.05, 3.63) is 63.6 Å². The minimum absolute atomic E-state index is 0.146. The number of fused-ring (bicyclic) bond motifs is 1. The highest BCUT2D eigenvalue weighted by atomic mass is 79.9. The number of rotatable bonds is 1. The van der Waals surface area contributed by atoms with E-state index in [1.165, 1.54) is 0 Å². The van der Waals surface area contributed by atoms with Gasteiger partial charge in [-0.1, -0.05) is 69.5 Å². The Morgan fingerprint density at radius 3 is 2.37 bits per heavy atom. The number of nitrogens with one attached hydrogen (secondary N) is 1. The third-order valence-corrected chi connectivity index (χ3v) is 5.13. The zero-order valence-corrected chi connectivity index (χ0v) is 12.7.